The third kappa shape index (κ3) is 4.05. The average molecular weight is 330 g/mol. The summed E-state index contributed by atoms with van der Waals surface area (Å²) < 4.78 is 17.6. The van der Waals surface area contributed by atoms with E-state index < -0.39 is 0 Å². The van der Waals surface area contributed by atoms with E-state index in [9.17, 15) is 9.18 Å². The molecule has 2 heterocycles. The predicted molar refractivity (Wildman–Crippen MR) is 86.3 cm³/mol. The van der Waals surface area contributed by atoms with Crippen LogP contribution in [0.5, 0.6) is 0 Å². The first-order chi connectivity index (χ1) is 11.6. The maximum Gasteiger partial charge on any atom is 0.246 e. The Kier molecular flexibility index (Phi) is 5.00. The second-order valence-electron chi connectivity index (χ2n) is 5.78. The highest BCUT2D eigenvalue weighted by atomic mass is 19.1. The van der Waals surface area contributed by atoms with Crippen LogP contribution < -0.4 is 0 Å². The summed E-state index contributed by atoms with van der Waals surface area (Å²) in [6.45, 7) is 5.44. The number of piperazine rings is 1. The van der Waals surface area contributed by atoms with Crippen LogP contribution in [-0.4, -0.2) is 52.2 Å². The molecule has 1 aliphatic rings. The van der Waals surface area contributed by atoms with E-state index in [0.717, 1.165) is 30.0 Å². The molecule has 1 fully saturated rings. The molecule has 0 radical (unpaired) electrons. The summed E-state index contributed by atoms with van der Waals surface area (Å²) in [7, 11) is 0. The van der Waals surface area contributed by atoms with Crippen LogP contribution in [-0.2, 0) is 11.3 Å². The van der Waals surface area contributed by atoms with Crippen LogP contribution in [0.25, 0.3) is 6.08 Å². The van der Waals surface area contributed by atoms with E-state index in [1.807, 2.05) is 11.8 Å². The van der Waals surface area contributed by atoms with Crippen LogP contribution in [0.1, 0.15) is 17.0 Å². The molecule has 7 heteroatoms. The molecule has 0 unspecified atom stereocenters. The Labute approximate surface area is 139 Å². The fourth-order valence-corrected chi connectivity index (χ4v) is 2.58. The molecule has 1 saturated heterocycles. The molecule has 0 atom stereocenters. The van der Waals surface area contributed by atoms with Gasteiger partial charge in [0, 0.05) is 38.8 Å². The number of aryl methyl sites for hydroxylation is 1. The summed E-state index contributed by atoms with van der Waals surface area (Å²) in [6, 6.07) is 6.05. The topological polar surface area (TPSA) is 62.5 Å². The molecule has 1 aromatic heterocycles. The lowest BCUT2D eigenvalue weighted by Crippen LogP contribution is -2.47. The van der Waals surface area contributed by atoms with Crippen LogP contribution in [0, 0.1) is 12.7 Å². The largest absolute Gasteiger partial charge is 0.337 e. The highest BCUT2D eigenvalue weighted by molar-refractivity contribution is 5.91. The lowest BCUT2D eigenvalue weighted by molar-refractivity contribution is -0.127. The molecule has 6 nitrogen and oxygen atoms in total. The van der Waals surface area contributed by atoms with Crippen LogP contribution in [0.15, 0.2) is 35.0 Å². The molecule has 126 valence electrons. The lowest BCUT2D eigenvalue weighted by atomic mass is 10.2. The molecule has 0 saturated carbocycles. The Balaban J connectivity index is 1.49. The highest BCUT2D eigenvalue weighted by Gasteiger charge is 2.21. The van der Waals surface area contributed by atoms with Crippen LogP contribution in [0.2, 0.25) is 0 Å². The van der Waals surface area contributed by atoms with Crippen molar-refractivity contribution >= 4 is 12.0 Å². The van der Waals surface area contributed by atoms with E-state index in [-0.39, 0.29) is 11.7 Å². The standard InChI is InChI=1S/C17H19FN4O2/c1-13-16(20-24-19-13)12-21-8-10-22(11-9-21)17(23)7-4-14-2-5-15(18)6-3-14/h2-7H,8-12H2,1H3/b7-4+. The van der Waals surface area contributed by atoms with Crippen LogP contribution >= 0.6 is 0 Å². The summed E-state index contributed by atoms with van der Waals surface area (Å²) in [6.07, 6.45) is 3.24. The summed E-state index contributed by atoms with van der Waals surface area (Å²) in [5, 5.41) is 7.66. The number of hydrogen-bond donors (Lipinski definition) is 0. The van der Waals surface area contributed by atoms with Gasteiger partial charge in [-0.05, 0) is 30.7 Å². The van der Waals surface area contributed by atoms with Crippen molar-refractivity contribution in [3.8, 4) is 0 Å². The van der Waals surface area contributed by atoms with Crippen molar-refractivity contribution < 1.29 is 13.8 Å². The molecule has 0 spiro atoms. The van der Waals surface area contributed by atoms with Gasteiger partial charge in [0.15, 0.2) is 0 Å². The highest BCUT2D eigenvalue weighted by Crippen LogP contribution is 2.10. The summed E-state index contributed by atoms with van der Waals surface area (Å²) >= 11 is 0. The number of nitrogens with zero attached hydrogens (tertiary/aromatic N) is 4. The number of rotatable bonds is 4. The summed E-state index contributed by atoms with van der Waals surface area (Å²) in [5.74, 6) is -0.314. The number of amides is 1. The van der Waals surface area contributed by atoms with Crippen LogP contribution in [0.3, 0.4) is 0 Å². The Morgan fingerprint density at radius 3 is 2.54 bits per heavy atom. The molecule has 2 aromatic rings. The smallest absolute Gasteiger partial charge is 0.246 e. The first kappa shape index (κ1) is 16.3. The van der Waals surface area contributed by atoms with Gasteiger partial charge in [-0.3, -0.25) is 9.69 Å². The molecule has 24 heavy (non-hydrogen) atoms. The van der Waals surface area contributed by atoms with Gasteiger partial charge in [0.05, 0.1) is 0 Å². The van der Waals surface area contributed by atoms with E-state index >= 15 is 0 Å². The molecule has 1 amide bonds. The molecule has 0 N–H and O–H groups in total. The van der Waals surface area contributed by atoms with Crippen LogP contribution in [0.4, 0.5) is 4.39 Å². The Morgan fingerprint density at radius 2 is 1.92 bits per heavy atom. The third-order valence-electron chi connectivity index (χ3n) is 4.09. The average Bonchev–Trinajstić information content (AvgIpc) is 3.00. The van der Waals surface area contributed by atoms with Gasteiger partial charge in [0.1, 0.15) is 17.2 Å². The van der Waals surface area contributed by atoms with E-state index in [1.165, 1.54) is 18.2 Å². The lowest BCUT2D eigenvalue weighted by Gasteiger charge is -2.33. The van der Waals surface area contributed by atoms with Crippen molar-refractivity contribution in [2.24, 2.45) is 0 Å². The molecule has 3 rings (SSSR count). The van der Waals surface area contributed by atoms with Crippen molar-refractivity contribution in [1.29, 1.82) is 0 Å². The Morgan fingerprint density at radius 1 is 1.21 bits per heavy atom. The molecule has 1 aliphatic heterocycles. The van der Waals surface area contributed by atoms with Crippen molar-refractivity contribution in [3.63, 3.8) is 0 Å². The predicted octanol–water partition coefficient (Wildman–Crippen LogP) is 1.87. The first-order valence-electron chi connectivity index (χ1n) is 7.85. The maximum absolute atomic E-state index is 12.9. The fraction of sp³-hybridized carbons (Fsp3) is 0.353. The number of benzene rings is 1. The zero-order chi connectivity index (χ0) is 16.9. The zero-order valence-corrected chi connectivity index (χ0v) is 13.5. The fourth-order valence-electron chi connectivity index (χ4n) is 2.58. The Hall–Kier alpha value is -2.54. The van der Waals surface area contributed by atoms with Gasteiger partial charge in [-0.1, -0.05) is 22.4 Å². The third-order valence-corrected chi connectivity index (χ3v) is 4.09. The summed E-state index contributed by atoms with van der Waals surface area (Å²) in [4.78, 5) is 16.3. The first-order valence-corrected chi connectivity index (χ1v) is 7.85. The maximum atomic E-state index is 12.9. The number of halogens is 1. The van der Waals surface area contributed by atoms with Gasteiger partial charge < -0.3 is 4.90 Å². The molecular formula is C17H19FN4O2. The molecule has 0 aliphatic carbocycles. The van der Waals surface area contributed by atoms with Gasteiger partial charge in [0.2, 0.25) is 5.91 Å². The Bertz CT molecular complexity index is 718. The normalized spacial score (nSPS) is 16.0. The molecular weight excluding hydrogens is 311 g/mol. The minimum atomic E-state index is -0.285. The van der Waals surface area contributed by atoms with Crippen molar-refractivity contribution in [2.45, 2.75) is 13.5 Å². The summed E-state index contributed by atoms with van der Waals surface area (Å²) in [5.41, 5.74) is 2.44. The zero-order valence-electron chi connectivity index (χ0n) is 13.5. The minimum Gasteiger partial charge on any atom is -0.337 e. The van der Waals surface area contributed by atoms with E-state index in [2.05, 4.69) is 15.2 Å². The molecule has 1 aromatic carbocycles. The number of aromatic nitrogens is 2. The van der Waals surface area contributed by atoms with Crippen molar-refractivity contribution in [3.05, 3.63) is 53.1 Å². The van der Waals surface area contributed by atoms with Crippen molar-refractivity contribution in [1.82, 2.24) is 20.1 Å². The number of hydrogen-bond acceptors (Lipinski definition) is 5. The van der Waals surface area contributed by atoms with E-state index in [0.29, 0.717) is 19.6 Å². The quantitative estimate of drug-likeness (QED) is 0.801. The van der Waals surface area contributed by atoms with E-state index in [1.54, 1.807) is 18.2 Å². The van der Waals surface area contributed by atoms with Gasteiger partial charge in [0.25, 0.3) is 0 Å². The second kappa shape index (κ2) is 7.35. The van der Waals surface area contributed by atoms with Gasteiger partial charge in [-0.25, -0.2) is 9.02 Å². The van der Waals surface area contributed by atoms with Gasteiger partial charge in [-0.2, -0.15) is 0 Å². The SMILES string of the molecule is Cc1nonc1CN1CCN(C(=O)/C=C/c2ccc(F)cc2)CC1. The molecule has 0 bridgehead atoms. The van der Waals surface area contributed by atoms with Crippen molar-refractivity contribution in [2.75, 3.05) is 26.2 Å². The van der Waals surface area contributed by atoms with Gasteiger partial charge in [-0.15, -0.1) is 0 Å². The van der Waals surface area contributed by atoms with Gasteiger partial charge >= 0.3 is 0 Å². The second-order valence-corrected chi connectivity index (χ2v) is 5.78. The number of carbonyl (C=O) groups is 1. The number of carbonyl (C=O) groups excluding carboxylic acids is 1. The monoisotopic (exact) mass is 330 g/mol. The minimum absolute atomic E-state index is 0.0294. The van der Waals surface area contributed by atoms with E-state index in [4.69, 9.17) is 4.63 Å².